The van der Waals surface area contributed by atoms with Crippen LogP contribution in [0.5, 0.6) is 0 Å². The summed E-state index contributed by atoms with van der Waals surface area (Å²) < 4.78 is 36.4. The largest absolute Gasteiger partial charge is 0.455 e. The minimum Gasteiger partial charge on any atom is -0.455 e. The molecule has 0 aliphatic rings. The first kappa shape index (κ1) is 55.3. The molecule has 0 aliphatic heterocycles. The zero-order valence-electron chi connectivity index (χ0n) is 55.7. The van der Waals surface area contributed by atoms with E-state index in [0.717, 1.165) is 214 Å². The molecule has 10 aromatic heterocycles. The Hall–Kier alpha value is -14.5. The van der Waals surface area contributed by atoms with Crippen molar-refractivity contribution in [2.75, 3.05) is 0 Å². The standard InChI is InChI=1S/C93H51N9O3/c1-4-28-52(29-5-1)97-64-43-19-13-37-58(64)76-82(97)73-55-34-10-22-46-67(55)100(85(73)79-61-40-16-25-49-70(61)103-88(76)79)91-94-92(101-68-47-23-11-35-56(68)74-83-77(89-80(86(74)101)62-41-17-26-50-71(62)104-89)59-38-14-20-44-65(59)98(83)53-30-6-2-7-31-53)96-93(95-91)102-69-48-24-12-36-57(69)75-84-78(90-81(87(75)102)63-42-18-27-51-72(63)105-90)60-39-15-21-45-66(60)99(84)54-32-8-3-9-33-54/h1-51H. The molecule has 10 heterocycles. The predicted molar refractivity (Wildman–Crippen MR) is 428 cm³/mol. The van der Waals surface area contributed by atoms with Gasteiger partial charge in [0, 0.05) is 81.7 Å². The molecule has 0 amide bonds. The number of hydrogen-bond acceptors (Lipinski definition) is 6. The van der Waals surface area contributed by atoms with E-state index < -0.39 is 0 Å². The van der Waals surface area contributed by atoms with Gasteiger partial charge in [-0.05, 0) is 91.0 Å². The number of fused-ring (bicyclic) bond motifs is 36. The highest BCUT2D eigenvalue weighted by Crippen LogP contribution is 2.54. The summed E-state index contributed by atoms with van der Waals surface area (Å²) in [5.74, 6) is 1.19. The highest BCUT2D eigenvalue weighted by Gasteiger charge is 2.35. The van der Waals surface area contributed by atoms with E-state index in [9.17, 15) is 0 Å². The Labute approximate surface area is 593 Å². The van der Waals surface area contributed by atoms with Gasteiger partial charge in [-0.3, -0.25) is 13.7 Å². The Morgan fingerprint density at radius 3 is 0.629 bits per heavy atom. The van der Waals surface area contributed by atoms with Gasteiger partial charge in [-0.15, -0.1) is 0 Å². The Balaban J connectivity index is 0.933. The summed E-state index contributed by atoms with van der Waals surface area (Å²) >= 11 is 0. The van der Waals surface area contributed by atoms with E-state index in [1.54, 1.807) is 0 Å². The molecule has 0 saturated heterocycles. The molecule has 0 bridgehead atoms. The van der Waals surface area contributed by atoms with Gasteiger partial charge in [0.1, 0.15) is 33.5 Å². The molecule has 0 fully saturated rings. The van der Waals surface area contributed by atoms with Gasteiger partial charge in [-0.25, -0.2) is 0 Å². The lowest BCUT2D eigenvalue weighted by Crippen LogP contribution is -2.13. The third-order valence-corrected chi connectivity index (χ3v) is 22.4. The lowest BCUT2D eigenvalue weighted by Gasteiger charge is -2.15. The van der Waals surface area contributed by atoms with Crippen molar-refractivity contribution < 1.29 is 13.3 Å². The van der Waals surface area contributed by atoms with Crippen molar-refractivity contribution >= 4 is 197 Å². The Bertz CT molecular complexity index is 7380. The molecule has 12 heteroatoms. The second-order valence-electron chi connectivity index (χ2n) is 27.6. The molecular formula is C93H51N9O3. The van der Waals surface area contributed by atoms with E-state index in [4.69, 9.17) is 28.2 Å². The van der Waals surface area contributed by atoms with Crippen LogP contribution in [-0.4, -0.2) is 42.4 Å². The fourth-order valence-electron chi connectivity index (χ4n) is 18.4. The first-order valence-electron chi connectivity index (χ1n) is 35.5. The van der Waals surface area contributed by atoms with E-state index in [1.165, 1.54) is 0 Å². The van der Waals surface area contributed by atoms with E-state index in [2.05, 4.69) is 337 Å². The summed E-state index contributed by atoms with van der Waals surface area (Å²) in [6.07, 6.45) is 0. The van der Waals surface area contributed by atoms with Crippen LogP contribution in [-0.2, 0) is 0 Å². The summed E-state index contributed by atoms with van der Waals surface area (Å²) in [6, 6.07) is 110. The number of furan rings is 3. The van der Waals surface area contributed by atoms with Crippen LogP contribution in [0.25, 0.3) is 232 Å². The average molecular weight is 1340 g/mol. The van der Waals surface area contributed by atoms with Crippen LogP contribution in [0.15, 0.2) is 323 Å². The normalized spacial score (nSPS) is 12.6. The van der Waals surface area contributed by atoms with Crippen LogP contribution >= 0.6 is 0 Å². The molecule has 0 radical (unpaired) electrons. The number of hydrogen-bond donors (Lipinski definition) is 0. The third-order valence-electron chi connectivity index (χ3n) is 22.4. The maximum atomic E-state index is 7.40. The highest BCUT2D eigenvalue weighted by molar-refractivity contribution is 6.42. The summed E-state index contributed by atoms with van der Waals surface area (Å²) in [7, 11) is 0. The zero-order valence-corrected chi connectivity index (χ0v) is 55.7. The van der Waals surface area contributed by atoms with Gasteiger partial charge in [0.15, 0.2) is 0 Å². The Morgan fingerprint density at radius 1 is 0.171 bits per heavy atom. The molecule has 0 N–H and O–H groups in total. The molecule has 12 nitrogen and oxygen atoms in total. The van der Waals surface area contributed by atoms with Crippen molar-refractivity contribution in [3.8, 4) is 34.9 Å². The van der Waals surface area contributed by atoms with Crippen LogP contribution in [0.2, 0.25) is 0 Å². The summed E-state index contributed by atoms with van der Waals surface area (Å²) in [5, 5.41) is 18.2. The van der Waals surface area contributed by atoms with E-state index in [1.807, 2.05) is 0 Å². The first-order valence-corrected chi connectivity index (χ1v) is 35.5. The lowest BCUT2D eigenvalue weighted by atomic mass is 10.0. The van der Waals surface area contributed by atoms with Gasteiger partial charge in [-0.1, -0.05) is 218 Å². The Kier molecular flexibility index (Phi) is 10.6. The quantitative estimate of drug-likeness (QED) is 0.164. The maximum Gasteiger partial charge on any atom is 0.241 e. The van der Waals surface area contributed by atoms with Gasteiger partial charge in [0.2, 0.25) is 17.8 Å². The van der Waals surface area contributed by atoms with Gasteiger partial charge in [0.05, 0.1) is 98.5 Å². The van der Waals surface area contributed by atoms with Crippen LogP contribution in [0.4, 0.5) is 0 Å². The minimum absolute atomic E-state index is 0.395. The van der Waals surface area contributed by atoms with Gasteiger partial charge < -0.3 is 27.0 Å². The predicted octanol–water partition coefficient (Wildman–Crippen LogP) is 24.2. The molecule has 0 saturated carbocycles. The van der Waals surface area contributed by atoms with Crippen molar-refractivity contribution in [3.05, 3.63) is 309 Å². The topological polar surface area (TPSA) is 108 Å². The molecule has 25 rings (SSSR count). The maximum absolute atomic E-state index is 7.40. The van der Waals surface area contributed by atoms with Gasteiger partial charge in [-0.2, -0.15) is 15.0 Å². The van der Waals surface area contributed by atoms with Gasteiger partial charge >= 0.3 is 0 Å². The zero-order chi connectivity index (χ0) is 68.0. The minimum atomic E-state index is 0.395. The molecule has 0 unspecified atom stereocenters. The Morgan fingerprint density at radius 2 is 0.362 bits per heavy atom. The number of aromatic nitrogens is 9. The van der Waals surface area contributed by atoms with Crippen molar-refractivity contribution in [2.24, 2.45) is 0 Å². The molecule has 25 aromatic rings. The fourth-order valence-corrected chi connectivity index (χ4v) is 18.4. The van der Waals surface area contributed by atoms with Crippen molar-refractivity contribution in [2.45, 2.75) is 0 Å². The van der Waals surface area contributed by atoms with Crippen molar-refractivity contribution in [1.82, 2.24) is 42.4 Å². The summed E-state index contributed by atoms with van der Waals surface area (Å²) in [4.78, 5) is 18.5. The third kappa shape index (κ3) is 7.02. The fraction of sp³-hybridized carbons (Fsp3) is 0. The molecular weight excluding hydrogens is 1290 g/mol. The van der Waals surface area contributed by atoms with Crippen molar-refractivity contribution in [1.29, 1.82) is 0 Å². The van der Waals surface area contributed by atoms with Gasteiger partial charge in [0.25, 0.3) is 0 Å². The first-order chi connectivity index (χ1) is 52.2. The SMILES string of the molecule is c1ccc(-n2c3ccccc3c3c4oc5ccccc5c4c4c(c5ccccc5n4-c4nc(-n5c6ccccc6c6c7c(c8ccccc8n7-c7ccccc7)c7oc8ccccc8c7c65)nc(-n5c6ccccc6c6c7c(c8ccccc8n7-c7ccccc7)c7oc8ccccc8c7c65)n4)c32)cc1. The monoisotopic (exact) mass is 1340 g/mol. The lowest BCUT2D eigenvalue weighted by molar-refractivity contribution is 0.672. The van der Waals surface area contributed by atoms with E-state index in [0.29, 0.717) is 17.8 Å². The van der Waals surface area contributed by atoms with Crippen LogP contribution < -0.4 is 0 Å². The molecule has 0 spiro atoms. The second kappa shape index (κ2) is 20.2. The second-order valence-corrected chi connectivity index (χ2v) is 27.6. The average Bonchev–Trinajstić information content (AvgIpc) is 1.53. The number of rotatable bonds is 6. The van der Waals surface area contributed by atoms with Crippen LogP contribution in [0.1, 0.15) is 0 Å². The molecule has 486 valence electrons. The van der Waals surface area contributed by atoms with Crippen LogP contribution in [0, 0.1) is 0 Å². The molecule has 15 aromatic carbocycles. The number of nitrogens with zero attached hydrogens (tertiary/aromatic N) is 9. The van der Waals surface area contributed by atoms with E-state index >= 15 is 0 Å². The summed E-state index contributed by atoms with van der Waals surface area (Å²) in [6.45, 7) is 0. The smallest absolute Gasteiger partial charge is 0.241 e. The number of para-hydroxylation sites is 12. The summed E-state index contributed by atoms with van der Waals surface area (Å²) in [5.41, 5.74) is 19.3. The molecule has 105 heavy (non-hydrogen) atoms. The molecule has 0 atom stereocenters. The van der Waals surface area contributed by atoms with Crippen molar-refractivity contribution in [3.63, 3.8) is 0 Å². The van der Waals surface area contributed by atoms with E-state index in [-0.39, 0.29) is 0 Å². The molecule has 0 aliphatic carbocycles. The number of benzene rings is 15. The highest BCUT2D eigenvalue weighted by atomic mass is 16.3. The van der Waals surface area contributed by atoms with Crippen LogP contribution in [0.3, 0.4) is 0 Å².